The highest BCUT2D eigenvalue weighted by Gasteiger charge is 2.35. The molecule has 0 radical (unpaired) electrons. The molecule has 0 amide bonds. The maximum atomic E-state index is 13.5. The minimum absolute atomic E-state index is 0.0891. The minimum atomic E-state index is -4.65. The molecule has 1 heterocycles. The summed E-state index contributed by atoms with van der Waals surface area (Å²) in [6, 6.07) is 3.14. The third-order valence-corrected chi connectivity index (χ3v) is 3.47. The molecule has 2 aromatic rings. The van der Waals surface area contributed by atoms with E-state index in [4.69, 9.17) is 4.74 Å². The second-order valence-electron chi connectivity index (χ2n) is 4.53. The molecule has 22 heavy (non-hydrogen) atoms. The van der Waals surface area contributed by atoms with E-state index >= 15 is 0 Å². The van der Waals surface area contributed by atoms with Gasteiger partial charge in [-0.3, -0.25) is 0 Å². The number of hydrogen-bond acceptors (Lipinski definition) is 2. The molecule has 0 saturated carbocycles. The molecule has 0 saturated heterocycles. The third-order valence-electron chi connectivity index (χ3n) is 2.90. The van der Waals surface area contributed by atoms with Crippen LogP contribution < -0.4 is 4.74 Å². The Hall–Kier alpha value is -1.70. The van der Waals surface area contributed by atoms with Gasteiger partial charge in [-0.15, -0.1) is 0 Å². The van der Waals surface area contributed by atoms with Crippen LogP contribution in [0.5, 0.6) is 11.6 Å². The zero-order chi connectivity index (χ0) is 16.7. The molecular weight excluding hydrogens is 373 g/mol. The number of aromatic nitrogens is 1. The number of alkyl halides is 3. The molecule has 1 aromatic heterocycles. The number of pyridine rings is 1. The molecule has 2 rings (SSSR count). The average molecular weight is 382 g/mol. The third kappa shape index (κ3) is 3.21. The number of ether oxygens (including phenoxy) is 1. The van der Waals surface area contributed by atoms with Gasteiger partial charge in [0, 0.05) is 5.56 Å². The quantitative estimate of drug-likeness (QED) is 0.636. The van der Waals surface area contributed by atoms with E-state index in [9.17, 15) is 22.0 Å². The highest BCUT2D eigenvalue weighted by atomic mass is 79.9. The van der Waals surface area contributed by atoms with Crippen LogP contribution in [0.15, 0.2) is 22.7 Å². The van der Waals surface area contributed by atoms with Crippen LogP contribution in [0.4, 0.5) is 22.0 Å². The van der Waals surface area contributed by atoms with Crippen LogP contribution in [0.1, 0.15) is 16.8 Å². The van der Waals surface area contributed by atoms with Crippen LogP contribution >= 0.6 is 15.9 Å². The van der Waals surface area contributed by atoms with Crippen molar-refractivity contribution < 1.29 is 26.7 Å². The Labute approximate surface area is 131 Å². The van der Waals surface area contributed by atoms with Crippen molar-refractivity contribution in [2.24, 2.45) is 0 Å². The van der Waals surface area contributed by atoms with Gasteiger partial charge in [-0.25, -0.2) is 13.8 Å². The second-order valence-corrected chi connectivity index (χ2v) is 5.38. The van der Waals surface area contributed by atoms with E-state index in [1.807, 2.05) is 0 Å². The summed E-state index contributed by atoms with van der Waals surface area (Å²) in [5.41, 5.74) is -1.36. The molecule has 8 heteroatoms. The normalized spacial score (nSPS) is 11.6. The van der Waals surface area contributed by atoms with Crippen LogP contribution in [-0.4, -0.2) is 4.98 Å². The summed E-state index contributed by atoms with van der Waals surface area (Å²) in [4.78, 5) is 3.42. The van der Waals surface area contributed by atoms with Crippen LogP contribution in [0.25, 0.3) is 0 Å². The standard InChI is InChI=1S/C14H9BrF5NO/c1-6-5-8(15)13(21-12(6)14(18,19)20)22-10-4-3-9(16)11(17)7(10)2/h3-5H,1-2H3. The van der Waals surface area contributed by atoms with Crippen molar-refractivity contribution in [3.63, 3.8) is 0 Å². The Morgan fingerprint density at radius 2 is 1.77 bits per heavy atom. The fourth-order valence-corrected chi connectivity index (χ4v) is 2.28. The first-order chi connectivity index (χ1) is 10.1. The molecule has 0 unspecified atom stereocenters. The van der Waals surface area contributed by atoms with E-state index in [0.717, 1.165) is 12.1 Å². The minimum Gasteiger partial charge on any atom is -0.437 e. The van der Waals surface area contributed by atoms with Gasteiger partial charge in [0.05, 0.1) is 4.47 Å². The molecule has 118 valence electrons. The summed E-state index contributed by atoms with van der Waals surface area (Å²) >= 11 is 3.04. The molecule has 0 N–H and O–H groups in total. The van der Waals surface area contributed by atoms with Gasteiger partial charge >= 0.3 is 6.18 Å². The molecule has 0 fully saturated rings. The van der Waals surface area contributed by atoms with E-state index in [0.29, 0.717) is 0 Å². The summed E-state index contributed by atoms with van der Waals surface area (Å²) in [7, 11) is 0. The van der Waals surface area contributed by atoms with Crippen molar-refractivity contribution in [3.8, 4) is 11.6 Å². The van der Waals surface area contributed by atoms with Gasteiger partial charge in [-0.2, -0.15) is 13.2 Å². The maximum Gasteiger partial charge on any atom is 0.433 e. The zero-order valence-electron chi connectivity index (χ0n) is 11.4. The molecule has 0 bridgehead atoms. The first-order valence-corrected chi connectivity index (χ1v) is 6.77. The first-order valence-electron chi connectivity index (χ1n) is 5.98. The highest BCUT2D eigenvalue weighted by Crippen LogP contribution is 2.37. The van der Waals surface area contributed by atoms with Crippen molar-refractivity contribution in [2.45, 2.75) is 20.0 Å². The largest absolute Gasteiger partial charge is 0.437 e. The lowest BCUT2D eigenvalue weighted by Gasteiger charge is -2.14. The Morgan fingerprint density at radius 1 is 1.14 bits per heavy atom. The number of aryl methyl sites for hydroxylation is 1. The topological polar surface area (TPSA) is 22.1 Å². The van der Waals surface area contributed by atoms with Crippen molar-refractivity contribution in [2.75, 3.05) is 0 Å². The SMILES string of the molecule is Cc1cc(Br)c(Oc2ccc(F)c(F)c2C)nc1C(F)(F)F. The van der Waals surface area contributed by atoms with Gasteiger partial charge in [0.25, 0.3) is 0 Å². The van der Waals surface area contributed by atoms with E-state index in [1.54, 1.807) is 0 Å². The number of benzene rings is 1. The van der Waals surface area contributed by atoms with Gasteiger partial charge in [-0.05, 0) is 53.5 Å². The Kier molecular flexibility index (Phi) is 4.42. The van der Waals surface area contributed by atoms with Crippen LogP contribution in [0, 0.1) is 25.5 Å². The average Bonchev–Trinajstić information content (AvgIpc) is 2.40. The summed E-state index contributed by atoms with van der Waals surface area (Å²) in [6.07, 6.45) is -4.65. The first kappa shape index (κ1) is 16.7. The number of rotatable bonds is 2. The van der Waals surface area contributed by atoms with E-state index in [-0.39, 0.29) is 27.2 Å². The fourth-order valence-electron chi connectivity index (χ4n) is 1.77. The molecule has 0 aliphatic carbocycles. The highest BCUT2D eigenvalue weighted by molar-refractivity contribution is 9.10. The van der Waals surface area contributed by atoms with Crippen LogP contribution in [0.2, 0.25) is 0 Å². The molecule has 2 nitrogen and oxygen atoms in total. The lowest BCUT2D eigenvalue weighted by atomic mass is 10.2. The van der Waals surface area contributed by atoms with Gasteiger partial charge in [0.1, 0.15) is 5.75 Å². The molecular formula is C14H9BrF5NO. The van der Waals surface area contributed by atoms with Crippen LogP contribution in [0.3, 0.4) is 0 Å². The van der Waals surface area contributed by atoms with E-state index in [1.165, 1.54) is 19.9 Å². The number of hydrogen-bond donors (Lipinski definition) is 0. The predicted molar refractivity (Wildman–Crippen MR) is 72.8 cm³/mol. The smallest absolute Gasteiger partial charge is 0.433 e. The van der Waals surface area contributed by atoms with Gasteiger partial charge < -0.3 is 4.74 Å². The second kappa shape index (κ2) is 5.83. The van der Waals surface area contributed by atoms with Gasteiger partial charge in [0.15, 0.2) is 17.3 Å². The van der Waals surface area contributed by atoms with Crippen molar-refractivity contribution in [1.82, 2.24) is 4.98 Å². The van der Waals surface area contributed by atoms with Gasteiger partial charge in [0.2, 0.25) is 5.88 Å². The fraction of sp³-hybridized carbons (Fsp3) is 0.214. The Bertz CT molecular complexity index is 730. The maximum absolute atomic E-state index is 13.5. The predicted octanol–water partition coefficient (Wildman–Crippen LogP) is 5.55. The number of halogens is 6. The zero-order valence-corrected chi connectivity index (χ0v) is 12.9. The van der Waals surface area contributed by atoms with Crippen molar-refractivity contribution >= 4 is 15.9 Å². The molecule has 1 aromatic carbocycles. The summed E-state index contributed by atoms with van der Waals surface area (Å²) in [5, 5.41) is 0. The summed E-state index contributed by atoms with van der Waals surface area (Å²) in [5.74, 6) is -2.70. The Morgan fingerprint density at radius 3 is 2.36 bits per heavy atom. The van der Waals surface area contributed by atoms with Crippen molar-refractivity contribution in [1.29, 1.82) is 0 Å². The summed E-state index contributed by atoms with van der Waals surface area (Å²) < 4.78 is 70.4. The lowest BCUT2D eigenvalue weighted by molar-refractivity contribution is -0.141. The van der Waals surface area contributed by atoms with Crippen LogP contribution in [-0.2, 0) is 6.18 Å². The molecule has 0 spiro atoms. The lowest BCUT2D eigenvalue weighted by Crippen LogP contribution is -2.11. The number of nitrogens with zero attached hydrogens (tertiary/aromatic N) is 1. The molecule has 0 atom stereocenters. The molecule has 0 aliphatic rings. The van der Waals surface area contributed by atoms with E-state index in [2.05, 4.69) is 20.9 Å². The monoisotopic (exact) mass is 381 g/mol. The van der Waals surface area contributed by atoms with Gasteiger partial charge in [-0.1, -0.05) is 0 Å². The Balaban J connectivity index is 2.49. The van der Waals surface area contributed by atoms with E-state index < -0.39 is 23.5 Å². The van der Waals surface area contributed by atoms with Crippen molar-refractivity contribution in [3.05, 3.63) is 51.1 Å². The molecule has 0 aliphatic heterocycles. The summed E-state index contributed by atoms with van der Waals surface area (Å²) in [6.45, 7) is 2.51.